The van der Waals surface area contributed by atoms with E-state index in [4.69, 9.17) is 4.74 Å². The number of methoxy groups -OCH3 is 1. The summed E-state index contributed by atoms with van der Waals surface area (Å²) in [7, 11) is 1.88. The molecule has 0 radical (unpaired) electrons. The molecule has 0 heterocycles. The summed E-state index contributed by atoms with van der Waals surface area (Å²) in [5.41, 5.74) is 0. The van der Waals surface area contributed by atoms with Crippen molar-refractivity contribution in [3.63, 3.8) is 0 Å². The van der Waals surface area contributed by atoms with E-state index in [0.29, 0.717) is 6.10 Å². The molecule has 0 amide bonds. The van der Waals surface area contributed by atoms with E-state index in [0.717, 1.165) is 17.8 Å². The molecular formula is C18H32O. The fourth-order valence-corrected chi connectivity index (χ4v) is 4.24. The van der Waals surface area contributed by atoms with Crippen LogP contribution in [0.2, 0.25) is 0 Å². The zero-order chi connectivity index (χ0) is 13.5. The number of hydrogen-bond donors (Lipinski definition) is 0. The van der Waals surface area contributed by atoms with Gasteiger partial charge in [0.2, 0.25) is 0 Å². The van der Waals surface area contributed by atoms with Gasteiger partial charge in [0.05, 0.1) is 6.10 Å². The Morgan fingerprint density at radius 3 is 2.00 bits per heavy atom. The van der Waals surface area contributed by atoms with Gasteiger partial charge in [0.25, 0.3) is 0 Å². The van der Waals surface area contributed by atoms with Crippen LogP contribution in [0.4, 0.5) is 0 Å². The van der Waals surface area contributed by atoms with Crippen LogP contribution in [-0.2, 0) is 4.74 Å². The smallest absolute Gasteiger partial charge is 0.0571 e. The summed E-state index contributed by atoms with van der Waals surface area (Å²) in [4.78, 5) is 0. The number of hydrogen-bond acceptors (Lipinski definition) is 1. The molecule has 1 nitrogen and oxygen atoms in total. The average molecular weight is 264 g/mol. The van der Waals surface area contributed by atoms with E-state index in [2.05, 4.69) is 19.1 Å². The second-order valence-corrected chi connectivity index (χ2v) is 6.70. The lowest BCUT2D eigenvalue weighted by Crippen LogP contribution is -2.28. The third-order valence-corrected chi connectivity index (χ3v) is 5.59. The first-order valence-electron chi connectivity index (χ1n) is 8.47. The summed E-state index contributed by atoms with van der Waals surface area (Å²) in [5.74, 6) is 3.07. The molecule has 2 aliphatic rings. The third kappa shape index (κ3) is 4.63. The molecular weight excluding hydrogens is 232 g/mol. The number of allylic oxidation sites excluding steroid dienone is 2. The minimum absolute atomic E-state index is 0.563. The molecule has 19 heavy (non-hydrogen) atoms. The summed E-state index contributed by atoms with van der Waals surface area (Å²) in [6.07, 6.45) is 19.3. The molecule has 0 N–H and O–H groups in total. The van der Waals surface area contributed by atoms with Crippen LogP contribution in [0.15, 0.2) is 12.2 Å². The van der Waals surface area contributed by atoms with Crippen LogP contribution in [-0.4, -0.2) is 13.2 Å². The molecule has 0 saturated heterocycles. The van der Waals surface area contributed by atoms with Gasteiger partial charge in [-0.25, -0.2) is 0 Å². The molecule has 0 unspecified atom stereocenters. The first kappa shape index (κ1) is 15.1. The van der Waals surface area contributed by atoms with Gasteiger partial charge in [-0.1, -0.05) is 25.0 Å². The van der Waals surface area contributed by atoms with E-state index in [9.17, 15) is 0 Å². The Kier molecular flexibility index (Phi) is 6.43. The molecule has 2 aliphatic carbocycles. The van der Waals surface area contributed by atoms with E-state index < -0.39 is 0 Å². The average Bonchev–Trinajstić information content (AvgIpc) is 2.48. The van der Waals surface area contributed by atoms with Gasteiger partial charge in [-0.05, 0) is 76.0 Å². The van der Waals surface area contributed by atoms with Crippen molar-refractivity contribution in [3.05, 3.63) is 12.2 Å². The van der Waals surface area contributed by atoms with E-state index in [1.165, 1.54) is 64.2 Å². The van der Waals surface area contributed by atoms with Crippen LogP contribution in [0.25, 0.3) is 0 Å². The van der Waals surface area contributed by atoms with Gasteiger partial charge in [0.1, 0.15) is 0 Å². The monoisotopic (exact) mass is 264 g/mol. The van der Waals surface area contributed by atoms with Crippen LogP contribution in [0.3, 0.4) is 0 Å². The van der Waals surface area contributed by atoms with Crippen LogP contribution in [0.1, 0.15) is 71.1 Å². The Balaban J connectivity index is 1.66. The van der Waals surface area contributed by atoms with Crippen molar-refractivity contribution in [1.82, 2.24) is 0 Å². The highest BCUT2D eigenvalue weighted by Gasteiger charge is 2.30. The summed E-state index contributed by atoms with van der Waals surface area (Å²) in [6.45, 7) is 2.13. The maximum atomic E-state index is 5.49. The van der Waals surface area contributed by atoms with Gasteiger partial charge in [0.15, 0.2) is 0 Å². The first-order valence-corrected chi connectivity index (χ1v) is 8.47. The van der Waals surface area contributed by atoms with Crippen molar-refractivity contribution in [2.75, 3.05) is 7.11 Å². The van der Waals surface area contributed by atoms with Crippen molar-refractivity contribution in [2.45, 2.75) is 77.2 Å². The third-order valence-electron chi connectivity index (χ3n) is 5.59. The van der Waals surface area contributed by atoms with Gasteiger partial charge in [-0.3, -0.25) is 0 Å². The quantitative estimate of drug-likeness (QED) is 0.608. The van der Waals surface area contributed by atoms with Crippen LogP contribution < -0.4 is 0 Å². The lowest BCUT2D eigenvalue weighted by atomic mass is 9.70. The van der Waals surface area contributed by atoms with Crippen molar-refractivity contribution < 1.29 is 4.74 Å². The van der Waals surface area contributed by atoms with Crippen molar-refractivity contribution >= 4 is 0 Å². The molecule has 2 rings (SSSR count). The SMILES string of the molecule is C/C=C/CC[C@H]1CC[C@H](C2CCC(OC)CC2)CC1. The number of ether oxygens (including phenoxy) is 1. The van der Waals surface area contributed by atoms with E-state index >= 15 is 0 Å². The normalized spacial score (nSPS) is 36.7. The Bertz CT molecular complexity index is 255. The minimum atomic E-state index is 0.563. The van der Waals surface area contributed by atoms with Crippen molar-refractivity contribution in [3.8, 4) is 0 Å². The second-order valence-electron chi connectivity index (χ2n) is 6.70. The van der Waals surface area contributed by atoms with E-state index in [-0.39, 0.29) is 0 Å². The maximum absolute atomic E-state index is 5.49. The van der Waals surface area contributed by atoms with Crippen molar-refractivity contribution in [1.29, 1.82) is 0 Å². The fourth-order valence-electron chi connectivity index (χ4n) is 4.24. The zero-order valence-corrected chi connectivity index (χ0v) is 12.9. The standard InChI is InChI=1S/C18H32O/c1-3-4-5-6-15-7-9-16(10-8-15)17-11-13-18(19-2)14-12-17/h3-4,15-18H,5-14H2,1-2H3/b4-3+/t15-,16-,17?,18?. The van der Waals surface area contributed by atoms with Gasteiger partial charge < -0.3 is 4.74 Å². The molecule has 0 aromatic heterocycles. The minimum Gasteiger partial charge on any atom is -0.381 e. The Morgan fingerprint density at radius 1 is 0.895 bits per heavy atom. The highest BCUT2D eigenvalue weighted by atomic mass is 16.5. The lowest BCUT2D eigenvalue weighted by molar-refractivity contribution is 0.0392. The van der Waals surface area contributed by atoms with Crippen molar-refractivity contribution in [2.24, 2.45) is 17.8 Å². The lowest BCUT2D eigenvalue weighted by Gasteiger charge is -2.37. The highest BCUT2D eigenvalue weighted by Crippen LogP contribution is 2.41. The Labute approximate surface area is 119 Å². The van der Waals surface area contributed by atoms with Gasteiger partial charge in [-0.2, -0.15) is 0 Å². The molecule has 110 valence electrons. The topological polar surface area (TPSA) is 9.23 Å². The predicted molar refractivity (Wildman–Crippen MR) is 82.3 cm³/mol. The highest BCUT2D eigenvalue weighted by molar-refractivity contribution is 4.84. The zero-order valence-electron chi connectivity index (χ0n) is 12.9. The molecule has 0 aromatic carbocycles. The summed E-state index contributed by atoms with van der Waals surface area (Å²) in [5, 5.41) is 0. The van der Waals surface area contributed by atoms with E-state index in [1.54, 1.807) is 0 Å². The van der Waals surface area contributed by atoms with E-state index in [1.807, 2.05) is 7.11 Å². The fraction of sp³-hybridized carbons (Fsp3) is 0.889. The summed E-state index contributed by atoms with van der Waals surface area (Å²) >= 11 is 0. The molecule has 0 aromatic rings. The summed E-state index contributed by atoms with van der Waals surface area (Å²) in [6, 6.07) is 0. The molecule has 0 aliphatic heterocycles. The maximum Gasteiger partial charge on any atom is 0.0571 e. The Morgan fingerprint density at radius 2 is 1.47 bits per heavy atom. The second kappa shape index (κ2) is 8.09. The van der Waals surface area contributed by atoms with Crippen LogP contribution in [0, 0.1) is 17.8 Å². The molecule has 0 atom stereocenters. The van der Waals surface area contributed by atoms with Gasteiger partial charge >= 0.3 is 0 Å². The Hall–Kier alpha value is -0.300. The summed E-state index contributed by atoms with van der Waals surface area (Å²) < 4.78 is 5.49. The molecule has 2 saturated carbocycles. The molecule has 0 spiro atoms. The van der Waals surface area contributed by atoms with Crippen LogP contribution in [0.5, 0.6) is 0 Å². The molecule has 1 heteroatoms. The molecule has 2 fully saturated rings. The largest absolute Gasteiger partial charge is 0.381 e. The first-order chi connectivity index (χ1) is 9.33. The van der Waals surface area contributed by atoms with Crippen LogP contribution >= 0.6 is 0 Å². The van der Waals surface area contributed by atoms with Gasteiger partial charge in [-0.15, -0.1) is 0 Å². The molecule has 0 bridgehead atoms. The van der Waals surface area contributed by atoms with Gasteiger partial charge in [0, 0.05) is 7.11 Å². The predicted octanol–water partition coefficient (Wildman–Crippen LogP) is 5.35. The number of rotatable bonds is 5.